The molecule has 0 aliphatic heterocycles. The van der Waals surface area contributed by atoms with E-state index in [9.17, 15) is 13.6 Å². The highest BCUT2D eigenvalue weighted by Gasteiger charge is 2.11. The molecule has 3 nitrogen and oxygen atoms in total. The summed E-state index contributed by atoms with van der Waals surface area (Å²) < 4.78 is 25.9. The Hall–Kier alpha value is -1.49. The second-order valence-corrected chi connectivity index (χ2v) is 3.89. The summed E-state index contributed by atoms with van der Waals surface area (Å²) >= 11 is 0. The van der Waals surface area contributed by atoms with Crippen LogP contribution in [0.25, 0.3) is 0 Å². The van der Waals surface area contributed by atoms with Gasteiger partial charge in [0.2, 0.25) is 5.91 Å². The summed E-state index contributed by atoms with van der Waals surface area (Å²) in [5.41, 5.74) is 0.153. The van der Waals surface area contributed by atoms with E-state index in [1.165, 1.54) is 6.07 Å². The van der Waals surface area contributed by atoms with Crippen LogP contribution in [0.5, 0.6) is 0 Å². The Balaban J connectivity index is 2.56. The summed E-state index contributed by atoms with van der Waals surface area (Å²) in [4.78, 5) is 11.5. The molecule has 0 bridgehead atoms. The fourth-order valence-electron chi connectivity index (χ4n) is 1.43. The standard InChI is InChI=1S/C12H15F2NO2/c1-8(4-5-16)15-12(17)6-9-2-3-10(13)7-11(9)14/h2-3,7-8,16H,4-6H2,1H3,(H,15,17). The smallest absolute Gasteiger partial charge is 0.224 e. The molecule has 2 N–H and O–H groups in total. The molecular weight excluding hydrogens is 228 g/mol. The molecule has 0 spiro atoms. The van der Waals surface area contributed by atoms with Gasteiger partial charge in [-0.3, -0.25) is 4.79 Å². The number of aliphatic hydroxyl groups is 1. The van der Waals surface area contributed by atoms with Crippen LogP contribution >= 0.6 is 0 Å². The van der Waals surface area contributed by atoms with Gasteiger partial charge in [-0.1, -0.05) is 6.07 Å². The molecule has 1 unspecified atom stereocenters. The van der Waals surface area contributed by atoms with Crippen LogP contribution in [0.2, 0.25) is 0 Å². The van der Waals surface area contributed by atoms with E-state index >= 15 is 0 Å². The van der Waals surface area contributed by atoms with Crippen LogP contribution in [0.15, 0.2) is 18.2 Å². The van der Waals surface area contributed by atoms with Crippen LogP contribution < -0.4 is 5.32 Å². The van der Waals surface area contributed by atoms with E-state index in [-0.39, 0.29) is 30.5 Å². The van der Waals surface area contributed by atoms with Gasteiger partial charge in [-0.2, -0.15) is 0 Å². The Morgan fingerprint density at radius 3 is 2.76 bits per heavy atom. The molecule has 0 radical (unpaired) electrons. The second kappa shape index (κ2) is 6.30. The van der Waals surface area contributed by atoms with Crippen molar-refractivity contribution < 1.29 is 18.7 Å². The van der Waals surface area contributed by atoms with Crippen molar-refractivity contribution >= 4 is 5.91 Å². The van der Waals surface area contributed by atoms with Gasteiger partial charge in [0.25, 0.3) is 0 Å². The third-order valence-corrected chi connectivity index (χ3v) is 2.34. The van der Waals surface area contributed by atoms with E-state index in [1.807, 2.05) is 0 Å². The van der Waals surface area contributed by atoms with Gasteiger partial charge in [-0.25, -0.2) is 8.78 Å². The molecule has 1 atom stereocenters. The number of rotatable bonds is 5. The Kier molecular flexibility index (Phi) is 5.03. The minimum absolute atomic E-state index is 0.0215. The quantitative estimate of drug-likeness (QED) is 0.821. The Morgan fingerprint density at radius 1 is 1.47 bits per heavy atom. The normalized spacial score (nSPS) is 12.2. The van der Waals surface area contributed by atoms with Crippen molar-refractivity contribution in [3.63, 3.8) is 0 Å². The van der Waals surface area contributed by atoms with E-state index < -0.39 is 11.6 Å². The van der Waals surface area contributed by atoms with Crippen LogP contribution in [-0.4, -0.2) is 23.7 Å². The van der Waals surface area contributed by atoms with E-state index in [0.717, 1.165) is 12.1 Å². The van der Waals surface area contributed by atoms with Gasteiger partial charge in [-0.05, 0) is 25.0 Å². The predicted molar refractivity (Wildman–Crippen MR) is 59.4 cm³/mol. The molecule has 0 saturated carbocycles. The Morgan fingerprint density at radius 2 is 2.18 bits per heavy atom. The zero-order chi connectivity index (χ0) is 12.8. The van der Waals surface area contributed by atoms with E-state index in [0.29, 0.717) is 6.42 Å². The number of carbonyl (C=O) groups is 1. The van der Waals surface area contributed by atoms with E-state index in [2.05, 4.69) is 5.32 Å². The third kappa shape index (κ3) is 4.48. The van der Waals surface area contributed by atoms with Crippen molar-refractivity contribution in [2.75, 3.05) is 6.61 Å². The lowest BCUT2D eigenvalue weighted by molar-refractivity contribution is -0.121. The molecule has 0 saturated heterocycles. The average molecular weight is 243 g/mol. The van der Waals surface area contributed by atoms with Crippen LogP contribution in [0.4, 0.5) is 8.78 Å². The van der Waals surface area contributed by atoms with E-state index in [4.69, 9.17) is 5.11 Å². The maximum atomic E-state index is 13.2. The monoisotopic (exact) mass is 243 g/mol. The molecule has 0 aliphatic carbocycles. The lowest BCUT2D eigenvalue weighted by Crippen LogP contribution is -2.34. The summed E-state index contributed by atoms with van der Waals surface area (Å²) in [7, 11) is 0. The van der Waals surface area contributed by atoms with Gasteiger partial charge in [-0.15, -0.1) is 0 Å². The number of hydrogen-bond acceptors (Lipinski definition) is 2. The summed E-state index contributed by atoms with van der Waals surface area (Å²) in [5, 5.41) is 11.3. The molecule has 1 aromatic rings. The predicted octanol–water partition coefficient (Wildman–Crippen LogP) is 1.39. The first-order valence-electron chi connectivity index (χ1n) is 5.37. The highest BCUT2D eigenvalue weighted by molar-refractivity contribution is 5.78. The number of amides is 1. The maximum Gasteiger partial charge on any atom is 0.224 e. The molecule has 0 aromatic heterocycles. The summed E-state index contributed by atoms with van der Waals surface area (Å²) in [6, 6.07) is 2.94. The molecule has 0 fully saturated rings. The number of aliphatic hydroxyl groups excluding tert-OH is 1. The van der Waals surface area contributed by atoms with Crippen molar-refractivity contribution in [2.45, 2.75) is 25.8 Å². The molecule has 1 rings (SSSR count). The van der Waals surface area contributed by atoms with Crippen molar-refractivity contribution in [1.29, 1.82) is 0 Å². The molecule has 17 heavy (non-hydrogen) atoms. The summed E-state index contributed by atoms with van der Waals surface area (Å²) in [5.74, 6) is -1.74. The fraction of sp³-hybridized carbons (Fsp3) is 0.417. The highest BCUT2D eigenvalue weighted by atomic mass is 19.1. The van der Waals surface area contributed by atoms with Crippen molar-refractivity contribution in [3.8, 4) is 0 Å². The minimum atomic E-state index is -0.727. The largest absolute Gasteiger partial charge is 0.396 e. The van der Waals surface area contributed by atoms with Crippen LogP contribution in [-0.2, 0) is 11.2 Å². The molecule has 94 valence electrons. The summed E-state index contributed by atoms with van der Waals surface area (Å²) in [6.07, 6.45) is 0.305. The lowest BCUT2D eigenvalue weighted by atomic mass is 10.1. The molecule has 0 heterocycles. The van der Waals surface area contributed by atoms with Crippen LogP contribution in [0.1, 0.15) is 18.9 Å². The van der Waals surface area contributed by atoms with Gasteiger partial charge < -0.3 is 10.4 Å². The molecule has 1 amide bonds. The van der Waals surface area contributed by atoms with E-state index in [1.54, 1.807) is 6.92 Å². The number of benzene rings is 1. The Labute approximate surface area is 98.5 Å². The molecular formula is C12H15F2NO2. The van der Waals surface area contributed by atoms with Crippen LogP contribution in [0, 0.1) is 11.6 Å². The summed E-state index contributed by atoms with van der Waals surface area (Å²) in [6.45, 7) is 1.72. The lowest BCUT2D eigenvalue weighted by Gasteiger charge is -2.12. The highest BCUT2D eigenvalue weighted by Crippen LogP contribution is 2.10. The second-order valence-electron chi connectivity index (χ2n) is 3.89. The van der Waals surface area contributed by atoms with Gasteiger partial charge >= 0.3 is 0 Å². The zero-order valence-corrected chi connectivity index (χ0v) is 9.54. The number of halogens is 2. The van der Waals surface area contributed by atoms with Gasteiger partial charge in [0, 0.05) is 18.7 Å². The topological polar surface area (TPSA) is 49.3 Å². The zero-order valence-electron chi connectivity index (χ0n) is 9.54. The minimum Gasteiger partial charge on any atom is -0.396 e. The van der Waals surface area contributed by atoms with Gasteiger partial charge in [0.05, 0.1) is 6.42 Å². The number of hydrogen-bond donors (Lipinski definition) is 2. The Bertz CT molecular complexity index is 396. The molecule has 5 heteroatoms. The first kappa shape index (κ1) is 13.6. The first-order chi connectivity index (χ1) is 8.02. The number of nitrogens with one attached hydrogen (secondary N) is 1. The van der Waals surface area contributed by atoms with Gasteiger partial charge in [0.1, 0.15) is 11.6 Å². The van der Waals surface area contributed by atoms with Gasteiger partial charge in [0.15, 0.2) is 0 Å². The molecule has 1 aromatic carbocycles. The third-order valence-electron chi connectivity index (χ3n) is 2.34. The fourth-order valence-corrected chi connectivity index (χ4v) is 1.43. The average Bonchev–Trinajstić information content (AvgIpc) is 2.22. The molecule has 0 aliphatic rings. The van der Waals surface area contributed by atoms with Crippen molar-refractivity contribution in [3.05, 3.63) is 35.4 Å². The van der Waals surface area contributed by atoms with Crippen LogP contribution in [0.3, 0.4) is 0 Å². The maximum absolute atomic E-state index is 13.2. The van der Waals surface area contributed by atoms with Crippen molar-refractivity contribution in [2.24, 2.45) is 0 Å². The first-order valence-corrected chi connectivity index (χ1v) is 5.37. The number of carbonyl (C=O) groups excluding carboxylic acids is 1. The van der Waals surface area contributed by atoms with Crippen molar-refractivity contribution in [1.82, 2.24) is 5.32 Å². The SMILES string of the molecule is CC(CCO)NC(=O)Cc1ccc(F)cc1F.